The van der Waals surface area contributed by atoms with Crippen LogP contribution in [-0.2, 0) is 11.2 Å². The van der Waals surface area contributed by atoms with E-state index < -0.39 is 0 Å². The van der Waals surface area contributed by atoms with Gasteiger partial charge in [0.25, 0.3) is 0 Å². The van der Waals surface area contributed by atoms with Crippen LogP contribution in [-0.4, -0.2) is 44.1 Å². The summed E-state index contributed by atoms with van der Waals surface area (Å²) in [5, 5.41) is 3.05. The lowest BCUT2D eigenvalue weighted by Crippen LogP contribution is -2.37. The summed E-state index contributed by atoms with van der Waals surface area (Å²) in [4.78, 5) is 13.9. The molecule has 4 nitrogen and oxygen atoms in total. The second-order valence-corrected chi connectivity index (χ2v) is 4.56. The van der Waals surface area contributed by atoms with Gasteiger partial charge in [-0.1, -0.05) is 12.1 Å². The monoisotopic (exact) mass is 248 g/mol. The summed E-state index contributed by atoms with van der Waals surface area (Å²) < 4.78 is 5.19. The Kier molecular flexibility index (Phi) is 4.20. The van der Waals surface area contributed by atoms with E-state index in [4.69, 9.17) is 4.74 Å². The number of hydrogen-bond donors (Lipinski definition) is 1. The lowest BCUT2D eigenvalue weighted by molar-refractivity contribution is -0.129. The zero-order valence-corrected chi connectivity index (χ0v) is 11.0. The van der Waals surface area contributed by atoms with Crippen LogP contribution in [0.2, 0.25) is 0 Å². The van der Waals surface area contributed by atoms with Crippen LogP contribution in [0.4, 0.5) is 0 Å². The topological polar surface area (TPSA) is 41.6 Å². The molecule has 1 amide bonds. The molecule has 1 aromatic carbocycles. The van der Waals surface area contributed by atoms with Gasteiger partial charge >= 0.3 is 0 Å². The minimum absolute atomic E-state index is 0.00955. The van der Waals surface area contributed by atoms with E-state index in [1.165, 1.54) is 5.56 Å². The van der Waals surface area contributed by atoms with Crippen molar-refractivity contribution in [2.75, 3.05) is 27.2 Å². The number of carbonyl (C=O) groups is 1. The van der Waals surface area contributed by atoms with Crippen molar-refractivity contribution in [1.82, 2.24) is 10.2 Å². The van der Waals surface area contributed by atoms with Crippen LogP contribution in [0.1, 0.15) is 12.0 Å². The molecule has 98 valence electrons. The molecule has 1 saturated heterocycles. The Morgan fingerprint density at radius 1 is 1.50 bits per heavy atom. The lowest BCUT2D eigenvalue weighted by atomic mass is 10.1. The molecule has 1 N–H and O–H groups in total. The Hall–Kier alpha value is -1.55. The number of likely N-dealkylation sites (tertiary alicyclic amines) is 1. The molecule has 0 radical (unpaired) electrons. The standard InChI is InChI=1S/C14H20N2O2/c1-15-13-7-9-16(14(13)17)8-6-11-4-3-5-12(10-11)18-2/h3-5,10,13,15H,6-9H2,1-2H3. The predicted octanol–water partition coefficient (Wildman–Crippen LogP) is 1.06. The number of methoxy groups -OCH3 is 1. The van der Waals surface area contributed by atoms with Gasteiger partial charge in [-0.3, -0.25) is 4.79 Å². The van der Waals surface area contributed by atoms with Crippen LogP contribution in [0.3, 0.4) is 0 Å². The fraction of sp³-hybridized carbons (Fsp3) is 0.500. The summed E-state index contributed by atoms with van der Waals surface area (Å²) in [5.74, 6) is 1.09. The van der Waals surface area contributed by atoms with E-state index in [0.717, 1.165) is 31.7 Å². The van der Waals surface area contributed by atoms with Crippen LogP contribution in [0, 0.1) is 0 Å². The maximum atomic E-state index is 11.9. The molecule has 0 aliphatic carbocycles. The van der Waals surface area contributed by atoms with E-state index in [1.54, 1.807) is 7.11 Å². The number of nitrogens with one attached hydrogen (secondary N) is 1. The average Bonchev–Trinajstić information content (AvgIpc) is 2.77. The number of rotatable bonds is 5. The summed E-state index contributed by atoms with van der Waals surface area (Å²) >= 11 is 0. The minimum Gasteiger partial charge on any atom is -0.497 e. The number of nitrogens with zero attached hydrogens (tertiary/aromatic N) is 1. The predicted molar refractivity (Wildman–Crippen MR) is 70.7 cm³/mol. The average molecular weight is 248 g/mol. The molecular weight excluding hydrogens is 228 g/mol. The van der Waals surface area contributed by atoms with Crippen molar-refractivity contribution in [2.24, 2.45) is 0 Å². The maximum absolute atomic E-state index is 11.9. The minimum atomic E-state index is 0.00955. The van der Waals surface area contributed by atoms with Gasteiger partial charge in [0, 0.05) is 13.1 Å². The molecule has 1 aromatic rings. The molecule has 2 rings (SSSR count). The SMILES string of the molecule is CNC1CCN(CCc2cccc(OC)c2)C1=O. The molecule has 0 bridgehead atoms. The Balaban J connectivity index is 1.90. The van der Waals surface area contributed by atoms with Gasteiger partial charge < -0.3 is 15.0 Å². The third kappa shape index (κ3) is 2.82. The molecule has 1 aliphatic heterocycles. The molecule has 1 unspecified atom stereocenters. The Morgan fingerprint density at radius 2 is 2.33 bits per heavy atom. The largest absolute Gasteiger partial charge is 0.497 e. The zero-order valence-electron chi connectivity index (χ0n) is 11.0. The van der Waals surface area contributed by atoms with Gasteiger partial charge in [0.2, 0.25) is 5.91 Å². The van der Waals surface area contributed by atoms with Crippen LogP contribution in [0.5, 0.6) is 5.75 Å². The first-order valence-electron chi connectivity index (χ1n) is 6.33. The second-order valence-electron chi connectivity index (χ2n) is 4.56. The summed E-state index contributed by atoms with van der Waals surface area (Å²) in [5.41, 5.74) is 1.20. The van der Waals surface area contributed by atoms with Crippen molar-refractivity contribution in [3.05, 3.63) is 29.8 Å². The highest BCUT2D eigenvalue weighted by Gasteiger charge is 2.29. The molecule has 1 aliphatic rings. The third-order valence-electron chi connectivity index (χ3n) is 3.45. The number of amides is 1. The summed E-state index contributed by atoms with van der Waals surface area (Å²) in [6.07, 6.45) is 1.78. The van der Waals surface area contributed by atoms with Gasteiger partial charge in [-0.2, -0.15) is 0 Å². The van der Waals surface area contributed by atoms with Gasteiger partial charge in [0.1, 0.15) is 5.75 Å². The quantitative estimate of drug-likeness (QED) is 0.847. The lowest BCUT2D eigenvalue weighted by Gasteiger charge is -2.16. The zero-order chi connectivity index (χ0) is 13.0. The van der Waals surface area contributed by atoms with Crippen LogP contribution in [0.25, 0.3) is 0 Å². The summed E-state index contributed by atoms with van der Waals surface area (Å²) in [6, 6.07) is 8.02. The van der Waals surface area contributed by atoms with E-state index in [9.17, 15) is 4.79 Å². The Labute approximate surface area is 108 Å². The molecule has 0 saturated carbocycles. The number of likely N-dealkylation sites (N-methyl/N-ethyl adjacent to an activating group) is 1. The third-order valence-corrected chi connectivity index (χ3v) is 3.45. The van der Waals surface area contributed by atoms with Crippen molar-refractivity contribution in [3.8, 4) is 5.75 Å². The fourth-order valence-electron chi connectivity index (χ4n) is 2.32. The molecule has 0 aromatic heterocycles. The maximum Gasteiger partial charge on any atom is 0.239 e. The van der Waals surface area contributed by atoms with Crippen molar-refractivity contribution >= 4 is 5.91 Å². The van der Waals surface area contributed by atoms with E-state index in [1.807, 2.05) is 30.1 Å². The van der Waals surface area contributed by atoms with E-state index in [0.29, 0.717) is 0 Å². The first kappa shape index (κ1) is 12.9. The molecule has 1 fully saturated rings. The van der Waals surface area contributed by atoms with E-state index in [2.05, 4.69) is 11.4 Å². The van der Waals surface area contributed by atoms with E-state index in [-0.39, 0.29) is 11.9 Å². The number of benzene rings is 1. The Bertz CT molecular complexity index is 420. The van der Waals surface area contributed by atoms with Gasteiger partial charge in [0.15, 0.2) is 0 Å². The molecule has 1 atom stereocenters. The molecule has 0 spiro atoms. The number of carbonyl (C=O) groups excluding carboxylic acids is 1. The van der Waals surface area contributed by atoms with Crippen LogP contribution < -0.4 is 10.1 Å². The van der Waals surface area contributed by atoms with Gasteiger partial charge in [-0.05, 0) is 37.6 Å². The smallest absolute Gasteiger partial charge is 0.239 e. The highest BCUT2D eigenvalue weighted by molar-refractivity contribution is 5.83. The molecule has 18 heavy (non-hydrogen) atoms. The highest BCUT2D eigenvalue weighted by Crippen LogP contribution is 2.15. The molecule has 1 heterocycles. The van der Waals surface area contributed by atoms with Gasteiger partial charge in [-0.15, -0.1) is 0 Å². The van der Waals surface area contributed by atoms with Crippen molar-refractivity contribution < 1.29 is 9.53 Å². The van der Waals surface area contributed by atoms with Crippen LogP contribution in [0.15, 0.2) is 24.3 Å². The molecular formula is C14H20N2O2. The number of hydrogen-bond acceptors (Lipinski definition) is 3. The van der Waals surface area contributed by atoms with Crippen LogP contribution >= 0.6 is 0 Å². The fourth-order valence-corrected chi connectivity index (χ4v) is 2.32. The first-order chi connectivity index (χ1) is 8.74. The summed E-state index contributed by atoms with van der Waals surface area (Å²) in [7, 11) is 3.51. The molecule has 4 heteroatoms. The van der Waals surface area contributed by atoms with Crippen molar-refractivity contribution in [3.63, 3.8) is 0 Å². The second kappa shape index (κ2) is 5.87. The van der Waals surface area contributed by atoms with Crippen molar-refractivity contribution in [2.45, 2.75) is 18.9 Å². The highest BCUT2D eigenvalue weighted by atomic mass is 16.5. The van der Waals surface area contributed by atoms with Crippen molar-refractivity contribution in [1.29, 1.82) is 0 Å². The normalized spacial score (nSPS) is 19.3. The summed E-state index contributed by atoms with van der Waals surface area (Å²) in [6.45, 7) is 1.64. The van der Waals surface area contributed by atoms with Gasteiger partial charge in [-0.25, -0.2) is 0 Å². The Morgan fingerprint density at radius 3 is 3.00 bits per heavy atom. The van der Waals surface area contributed by atoms with E-state index >= 15 is 0 Å². The number of ether oxygens (including phenoxy) is 1. The van der Waals surface area contributed by atoms with Gasteiger partial charge in [0.05, 0.1) is 13.2 Å². The first-order valence-corrected chi connectivity index (χ1v) is 6.33.